The van der Waals surface area contributed by atoms with Crippen molar-refractivity contribution in [3.05, 3.63) is 52.6 Å². The lowest BCUT2D eigenvalue weighted by atomic mass is 10.0. The predicted molar refractivity (Wildman–Crippen MR) is 79.9 cm³/mol. The first-order valence-electron chi connectivity index (χ1n) is 6.25. The minimum atomic E-state index is 0. The van der Waals surface area contributed by atoms with Crippen LogP contribution in [0.1, 0.15) is 23.2 Å². The summed E-state index contributed by atoms with van der Waals surface area (Å²) < 4.78 is 0. The highest BCUT2D eigenvalue weighted by molar-refractivity contribution is 6.30. The Kier molecular flexibility index (Phi) is 4.68. The second-order valence-corrected chi connectivity index (χ2v) is 5.16. The summed E-state index contributed by atoms with van der Waals surface area (Å²) in [5.41, 5.74) is 3.22. The molecule has 1 aromatic carbocycles. The molecule has 4 nitrogen and oxygen atoms in total. The summed E-state index contributed by atoms with van der Waals surface area (Å²) in [6.07, 6.45) is 4.73. The van der Waals surface area contributed by atoms with Crippen molar-refractivity contribution in [3.8, 4) is 0 Å². The van der Waals surface area contributed by atoms with Crippen LogP contribution in [-0.2, 0) is 24.3 Å². The summed E-state index contributed by atoms with van der Waals surface area (Å²) in [7, 11) is 0. The Morgan fingerprint density at radius 1 is 1.30 bits per heavy atom. The number of hydrogen-bond acceptors (Lipinski definition) is 2. The smallest absolute Gasteiger partial charge is 0.223 e. The van der Waals surface area contributed by atoms with Gasteiger partial charge in [0.25, 0.3) is 0 Å². The zero-order valence-corrected chi connectivity index (χ0v) is 12.4. The molecule has 0 bridgehead atoms. The zero-order chi connectivity index (χ0) is 13.2. The maximum Gasteiger partial charge on any atom is 0.223 e. The van der Waals surface area contributed by atoms with Gasteiger partial charge in [-0.3, -0.25) is 4.79 Å². The third kappa shape index (κ3) is 3.14. The van der Waals surface area contributed by atoms with E-state index >= 15 is 0 Å². The van der Waals surface area contributed by atoms with E-state index in [0.29, 0.717) is 19.5 Å². The highest BCUT2D eigenvalue weighted by Gasteiger charge is 2.21. The standard InChI is InChI=1S/C14H14ClN3O.ClH/c15-12-3-1-11-7-18(8-13-6-16-9-17-13)14(19)4-2-10(11)5-12;/h1,3,5-6,9H,2,4,7-8H2,(H,16,17);1H. The molecule has 0 radical (unpaired) electrons. The number of H-pyrrole nitrogens is 1. The minimum Gasteiger partial charge on any atom is -0.351 e. The number of nitrogens with zero attached hydrogens (tertiary/aromatic N) is 2. The number of nitrogens with one attached hydrogen (secondary N) is 1. The molecule has 0 spiro atoms. The van der Waals surface area contributed by atoms with Crippen molar-refractivity contribution in [1.82, 2.24) is 14.9 Å². The molecular formula is C14H15Cl2N3O. The van der Waals surface area contributed by atoms with Crippen molar-refractivity contribution in [1.29, 1.82) is 0 Å². The quantitative estimate of drug-likeness (QED) is 0.927. The van der Waals surface area contributed by atoms with Crippen LogP contribution >= 0.6 is 24.0 Å². The van der Waals surface area contributed by atoms with E-state index in [9.17, 15) is 4.79 Å². The van der Waals surface area contributed by atoms with E-state index in [1.807, 2.05) is 29.3 Å². The molecule has 2 heterocycles. The number of aromatic amines is 1. The van der Waals surface area contributed by atoms with Gasteiger partial charge in [-0.25, -0.2) is 4.98 Å². The van der Waals surface area contributed by atoms with Gasteiger partial charge < -0.3 is 9.88 Å². The summed E-state index contributed by atoms with van der Waals surface area (Å²) in [6.45, 7) is 1.17. The number of amides is 1. The van der Waals surface area contributed by atoms with Gasteiger partial charge in [-0.15, -0.1) is 12.4 Å². The summed E-state index contributed by atoms with van der Waals surface area (Å²) in [5.74, 6) is 0.162. The van der Waals surface area contributed by atoms with Crippen LogP contribution in [0.5, 0.6) is 0 Å². The Labute approximate surface area is 128 Å². The van der Waals surface area contributed by atoms with Gasteiger partial charge in [-0.05, 0) is 29.7 Å². The molecule has 0 aliphatic carbocycles. The average Bonchev–Trinajstić information content (AvgIpc) is 2.85. The molecular weight excluding hydrogens is 297 g/mol. The van der Waals surface area contributed by atoms with E-state index in [-0.39, 0.29) is 18.3 Å². The lowest BCUT2D eigenvalue weighted by Gasteiger charge is -2.20. The van der Waals surface area contributed by atoms with Crippen LogP contribution in [0.2, 0.25) is 5.02 Å². The fourth-order valence-electron chi connectivity index (χ4n) is 2.39. The fraction of sp³-hybridized carbons (Fsp3) is 0.286. The van der Waals surface area contributed by atoms with Gasteiger partial charge in [-0.1, -0.05) is 17.7 Å². The molecule has 1 N–H and O–H groups in total. The maximum atomic E-state index is 12.1. The van der Waals surface area contributed by atoms with Crippen molar-refractivity contribution in [2.45, 2.75) is 25.9 Å². The molecule has 106 valence electrons. The maximum absolute atomic E-state index is 12.1. The minimum absolute atomic E-state index is 0. The van der Waals surface area contributed by atoms with Crippen molar-refractivity contribution in [2.24, 2.45) is 0 Å². The first-order chi connectivity index (χ1) is 9.22. The molecule has 1 amide bonds. The number of aryl methyl sites for hydroxylation is 1. The van der Waals surface area contributed by atoms with Crippen molar-refractivity contribution in [2.75, 3.05) is 0 Å². The van der Waals surface area contributed by atoms with Crippen LogP contribution in [0.15, 0.2) is 30.7 Å². The number of fused-ring (bicyclic) bond motifs is 1. The zero-order valence-electron chi connectivity index (χ0n) is 10.8. The van der Waals surface area contributed by atoms with Crippen molar-refractivity contribution < 1.29 is 4.79 Å². The third-order valence-electron chi connectivity index (χ3n) is 3.40. The molecule has 2 aromatic rings. The topological polar surface area (TPSA) is 49.0 Å². The molecule has 0 saturated carbocycles. The fourth-order valence-corrected chi connectivity index (χ4v) is 2.59. The Balaban J connectivity index is 0.00000147. The highest BCUT2D eigenvalue weighted by Crippen LogP contribution is 2.23. The first kappa shape index (κ1) is 14.9. The number of hydrogen-bond donors (Lipinski definition) is 1. The number of imidazole rings is 1. The van der Waals surface area contributed by atoms with E-state index in [4.69, 9.17) is 11.6 Å². The van der Waals surface area contributed by atoms with E-state index in [0.717, 1.165) is 17.1 Å². The van der Waals surface area contributed by atoms with E-state index < -0.39 is 0 Å². The lowest BCUT2D eigenvalue weighted by molar-refractivity contribution is -0.132. The van der Waals surface area contributed by atoms with Gasteiger partial charge in [0, 0.05) is 24.2 Å². The molecule has 20 heavy (non-hydrogen) atoms. The molecule has 0 saturated heterocycles. The van der Waals surface area contributed by atoms with Crippen LogP contribution in [0.4, 0.5) is 0 Å². The van der Waals surface area contributed by atoms with Gasteiger partial charge >= 0.3 is 0 Å². The molecule has 1 aromatic heterocycles. The predicted octanol–water partition coefficient (Wildman–Crippen LogP) is 2.96. The van der Waals surface area contributed by atoms with Gasteiger partial charge in [0.2, 0.25) is 5.91 Å². The van der Waals surface area contributed by atoms with Gasteiger partial charge in [0.1, 0.15) is 0 Å². The number of benzene rings is 1. The van der Waals surface area contributed by atoms with E-state index in [2.05, 4.69) is 9.97 Å². The molecule has 3 rings (SSSR count). The average molecular weight is 312 g/mol. The van der Waals surface area contributed by atoms with Crippen LogP contribution in [0.25, 0.3) is 0 Å². The van der Waals surface area contributed by atoms with Crippen molar-refractivity contribution >= 4 is 29.9 Å². The van der Waals surface area contributed by atoms with Gasteiger partial charge in [0.15, 0.2) is 0 Å². The normalized spacial score (nSPS) is 14.4. The Morgan fingerprint density at radius 2 is 2.15 bits per heavy atom. The summed E-state index contributed by atoms with van der Waals surface area (Å²) in [5, 5.41) is 0.729. The summed E-state index contributed by atoms with van der Waals surface area (Å²) >= 11 is 6.01. The van der Waals surface area contributed by atoms with Gasteiger partial charge in [-0.2, -0.15) is 0 Å². The molecule has 6 heteroatoms. The van der Waals surface area contributed by atoms with Crippen molar-refractivity contribution in [3.63, 3.8) is 0 Å². The second-order valence-electron chi connectivity index (χ2n) is 4.72. The molecule has 0 unspecified atom stereocenters. The van der Waals surface area contributed by atoms with Crippen LogP contribution < -0.4 is 0 Å². The Bertz CT molecular complexity index is 598. The molecule has 0 fully saturated rings. The van der Waals surface area contributed by atoms with Gasteiger partial charge in [0.05, 0.1) is 18.6 Å². The summed E-state index contributed by atoms with van der Waals surface area (Å²) in [4.78, 5) is 21.1. The highest BCUT2D eigenvalue weighted by atomic mass is 35.5. The van der Waals surface area contributed by atoms with Crippen LogP contribution in [0.3, 0.4) is 0 Å². The third-order valence-corrected chi connectivity index (χ3v) is 3.63. The monoisotopic (exact) mass is 311 g/mol. The number of aromatic nitrogens is 2. The molecule has 1 aliphatic rings. The van der Waals surface area contributed by atoms with E-state index in [1.165, 1.54) is 11.1 Å². The largest absolute Gasteiger partial charge is 0.351 e. The molecule has 1 aliphatic heterocycles. The Morgan fingerprint density at radius 3 is 2.90 bits per heavy atom. The summed E-state index contributed by atoms with van der Waals surface area (Å²) in [6, 6.07) is 5.85. The number of halogens is 2. The number of carbonyl (C=O) groups is 1. The molecule has 0 atom stereocenters. The SMILES string of the molecule is Cl.O=C1CCc2cc(Cl)ccc2CN1Cc1c[nH]cn1. The number of rotatable bonds is 2. The Hall–Kier alpha value is -1.52. The number of carbonyl (C=O) groups excluding carboxylic acids is 1. The lowest BCUT2D eigenvalue weighted by Crippen LogP contribution is -2.28. The van der Waals surface area contributed by atoms with Crippen LogP contribution in [-0.4, -0.2) is 20.8 Å². The van der Waals surface area contributed by atoms with Crippen LogP contribution in [0, 0.1) is 0 Å². The second kappa shape index (κ2) is 6.29. The first-order valence-corrected chi connectivity index (χ1v) is 6.63. The van der Waals surface area contributed by atoms with E-state index in [1.54, 1.807) is 6.33 Å².